The van der Waals surface area contributed by atoms with Crippen LogP contribution in [-0.2, 0) is 21.0 Å². The summed E-state index contributed by atoms with van der Waals surface area (Å²) < 4.78 is 72.4. The highest BCUT2D eigenvalue weighted by Gasteiger charge is 2.33. The smallest absolute Gasteiger partial charge is 0.416 e. The number of nitrogens with one attached hydrogen (secondary N) is 1. The van der Waals surface area contributed by atoms with Crippen molar-refractivity contribution in [3.63, 3.8) is 0 Å². The number of carbonyl (C=O) groups excluding carboxylic acids is 1. The van der Waals surface area contributed by atoms with Crippen LogP contribution in [0.25, 0.3) is 0 Å². The predicted octanol–water partition coefficient (Wildman–Crippen LogP) is 4.76. The molecule has 1 N–H and O–H groups in total. The number of hydrogen-bond acceptors (Lipinski definition) is 5. The third kappa shape index (κ3) is 6.42. The Kier molecular flexibility index (Phi) is 8.03. The maximum Gasteiger partial charge on any atom is 0.416 e. The van der Waals surface area contributed by atoms with E-state index in [1.165, 1.54) is 25.3 Å². The Bertz CT molecular complexity index is 1350. The summed E-state index contributed by atoms with van der Waals surface area (Å²) in [4.78, 5) is 12.5. The van der Waals surface area contributed by atoms with Crippen LogP contribution < -0.4 is 14.5 Å². The molecule has 3 aromatic carbocycles. The first-order chi connectivity index (χ1) is 16.9. The quantitative estimate of drug-likeness (QED) is 0.344. The van der Waals surface area contributed by atoms with E-state index in [0.717, 1.165) is 17.7 Å². The molecular weight excluding hydrogens is 495 g/mol. The number of alkyl halides is 3. The molecule has 3 rings (SSSR count). The lowest BCUT2D eigenvalue weighted by molar-refractivity contribution is -0.137. The summed E-state index contributed by atoms with van der Waals surface area (Å²) in [6.07, 6.45) is -4.70. The van der Waals surface area contributed by atoms with Gasteiger partial charge >= 0.3 is 6.18 Å². The van der Waals surface area contributed by atoms with Gasteiger partial charge < -0.3 is 4.74 Å². The number of amides is 1. The summed E-state index contributed by atoms with van der Waals surface area (Å²) >= 11 is 0. The first-order valence-corrected chi connectivity index (χ1v) is 12.1. The first-order valence-electron chi connectivity index (χ1n) is 10.7. The molecule has 11 heteroatoms. The van der Waals surface area contributed by atoms with Crippen LogP contribution in [0.5, 0.6) is 5.75 Å². The van der Waals surface area contributed by atoms with Gasteiger partial charge in [0, 0.05) is 0 Å². The van der Waals surface area contributed by atoms with Crippen molar-refractivity contribution in [3.8, 4) is 5.75 Å². The summed E-state index contributed by atoms with van der Waals surface area (Å²) in [5.74, 6) is -0.204. The molecule has 1 amide bonds. The lowest BCUT2D eigenvalue weighted by Crippen LogP contribution is -2.40. The van der Waals surface area contributed by atoms with Gasteiger partial charge in [0.15, 0.2) is 0 Å². The van der Waals surface area contributed by atoms with E-state index in [1.807, 2.05) is 0 Å². The molecule has 0 heterocycles. The molecule has 36 heavy (non-hydrogen) atoms. The van der Waals surface area contributed by atoms with Gasteiger partial charge in [-0.2, -0.15) is 18.3 Å². The maximum atomic E-state index is 13.4. The van der Waals surface area contributed by atoms with E-state index >= 15 is 0 Å². The second kappa shape index (κ2) is 10.8. The summed E-state index contributed by atoms with van der Waals surface area (Å²) in [5, 5.41) is 3.99. The van der Waals surface area contributed by atoms with Gasteiger partial charge in [-0.05, 0) is 74.0 Å². The molecule has 0 aliphatic rings. The minimum absolute atomic E-state index is 0.170. The van der Waals surface area contributed by atoms with Crippen molar-refractivity contribution < 1.29 is 31.1 Å². The number of rotatable bonds is 8. The first kappa shape index (κ1) is 26.7. The van der Waals surface area contributed by atoms with Crippen LogP contribution in [0.1, 0.15) is 23.6 Å². The molecular formula is C25H24F3N3O4S. The van der Waals surface area contributed by atoms with Gasteiger partial charge in [-0.1, -0.05) is 23.8 Å². The zero-order valence-electron chi connectivity index (χ0n) is 19.7. The number of sulfonamides is 1. The maximum absolute atomic E-state index is 13.4. The number of aryl methyl sites for hydroxylation is 1. The molecule has 0 saturated carbocycles. The second-order valence-corrected chi connectivity index (χ2v) is 9.70. The fourth-order valence-corrected chi connectivity index (χ4v) is 4.61. The van der Waals surface area contributed by atoms with Crippen LogP contribution in [0, 0.1) is 6.92 Å². The van der Waals surface area contributed by atoms with Crippen LogP contribution >= 0.6 is 0 Å². The van der Waals surface area contributed by atoms with E-state index < -0.39 is 34.2 Å². The van der Waals surface area contributed by atoms with Crippen molar-refractivity contribution in [2.75, 3.05) is 18.0 Å². The predicted molar refractivity (Wildman–Crippen MR) is 131 cm³/mol. The van der Waals surface area contributed by atoms with E-state index in [2.05, 4.69) is 10.5 Å². The fraction of sp³-hybridized carbons (Fsp3) is 0.200. The minimum atomic E-state index is -4.70. The third-order valence-electron chi connectivity index (χ3n) is 5.21. The molecule has 0 atom stereocenters. The number of methoxy groups -OCH3 is 1. The van der Waals surface area contributed by atoms with Crippen molar-refractivity contribution >= 4 is 27.3 Å². The Balaban J connectivity index is 1.92. The Morgan fingerprint density at radius 3 is 2.25 bits per heavy atom. The Hall–Kier alpha value is -3.86. The number of hydrazone groups is 1. The number of anilines is 1. The molecule has 0 aliphatic heterocycles. The highest BCUT2D eigenvalue weighted by molar-refractivity contribution is 7.92. The zero-order valence-corrected chi connectivity index (χ0v) is 20.5. The van der Waals surface area contributed by atoms with Gasteiger partial charge in [-0.3, -0.25) is 9.10 Å². The molecule has 0 spiro atoms. The summed E-state index contributed by atoms with van der Waals surface area (Å²) in [5.41, 5.74) is 2.82. The van der Waals surface area contributed by atoms with Crippen LogP contribution in [0.2, 0.25) is 0 Å². The van der Waals surface area contributed by atoms with E-state index in [-0.39, 0.29) is 10.6 Å². The number of nitrogens with zero attached hydrogens (tertiary/aromatic N) is 2. The number of benzene rings is 3. The average molecular weight is 520 g/mol. The standard InChI is InChI=1S/C25H24F3N3O4S/c1-17-7-13-23(14-8-17)36(33,34)31(21-6-4-5-20(15-21)25(26,27)28)16-24(32)30-29-18(2)19-9-11-22(35-3)12-10-19/h4-15H,16H2,1-3H3,(H,30,32)/b29-18-. The third-order valence-corrected chi connectivity index (χ3v) is 7.00. The molecule has 0 fully saturated rings. The number of hydrogen-bond donors (Lipinski definition) is 1. The lowest BCUT2D eigenvalue weighted by atomic mass is 10.1. The van der Waals surface area contributed by atoms with Crippen molar-refractivity contribution in [3.05, 3.63) is 89.5 Å². The van der Waals surface area contributed by atoms with Gasteiger partial charge in [0.05, 0.1) is 29.0 Å². The van der Waals surface area contributed by atoms with Gasteiger partial charge in [0.25, 0.3) is 15.9 Å². The van der Waals surface area contributed by atoms with Gasteiger partial charge in [-0.25, -0.2) is 13.8 Å². The highest BCUT2D eigenvalue weighted by Crippen LogP contribution is 2.33. The summed E-state index contributed by atoms with van der Waals surface area (Å²) in [6, 6.07) is 16.4. The molecule has 0 unspecified atom stereocenters. The number of carbonyl (C=O) groups is 1. The topological polar surface area (TPSA) is 88.1 Å². The second-order valence-electron chi connectivity index (χ2n) is 7.83. The van der Waals surface area contributed by atoms with Crippen molar-refractivity contribution in [1.82, 2.24) is 5.43 Å². The SMILES string of the molecule is COc1ccc(/C(C)=N\NC(=O)CN(c2cccc(C(F)(F)F)c2)S(=O)(=O)c2ccc(C)cc2)cc1. The normalized spacial score (nSPS) is 12.2. The largest absolute Gasteiger partial charge is 0.497 e. The monoisotopic (exact) mass is 519 g/mol. The molecule has 0 bridgehead atoms. The molecule has 0 aromatic heterocycles. The van der Waals surface area contributed by atoms with E-state index in [0.29, 0.717) is 27.4 Å². The van der Waals surface area contributed by atoms with Gasteiger partial charge in [0.2, 0.25) is 0 Å². The fourth-order valence-electron chi connectivity index (χ4n) is 3.20. The molecule has 7 nitrogen and oxygen atoms in total. The summed E-state index contributed by atoms with van der Waals surface area (Å²) in [7, 11) is -2.86. The van der Waals surface area contributed by atoms with Crippen molar-refractivity contribution in [2.45, 2.75) is 24.9 Å². The molecule has 0 aliphatic carbocycles. The van der Waals surface area contributed by atoms with Crippen molar-refractivity contribution in [2.24, 2.45) is 5.10 Å². The van der Waals surface area contributed by atoms with E-state index in [1.54, 1.807) is 50.2 Å². The molecule has 3 aromatic rings. The number of halogens is 3. The van der Waals surface area contributed by atoms with Crippen LogP contribution in [0.3, 0.4) is 0 Å². The summed E-state index contributed by atoms with van der Waals surface area (Å²) in [6.45, 7) is 2.60. The number of ether oxygens (including phenoxy) is 1. The van der Waals surface area contributed by atoms with Crippen LogP contribution in [0.15, 0.2) is 82.8 Å². The molecule has 0 radical (unpaired) electrons. The highest BCUT2D eigenvalue weighted by atomic mass is 32.2. The van der Waals surface area contributed by atoms with Crippen molar-refractivity contribution in [1.29, 1.82) is 0 Å². The lowest BCUT2D eigenvalue weighted by Gasteiger charge is -2.24. The molecule has 0 saturated heterocycles. The Morgan fingerprint density at radius 2 is 1.67 bits per heavy atom. The van der Waals surface area contributed by atoms with E-state index in [4.69, 9.17) is 4.74 Å². The Morgan fingerprint density at radius 1 is 1.03 bits per heavy atom. The molecule has 190 valence electrons. The van der Waals surface area contributed by atoms with E-state index in [9.17, 15) is 26.4 Å². The van der Waals surface area contributed by atoms with Gasteiger partial charge in [-0.15, -0.1) is 0 Å². The van der Waals surface area contributed by atoms with Crippen LogP contribution in [0.4, 0.5) is 18.9 Å². The zero-order chi connectivity index (χ0) is 26.5. The minimum Gasteiger partial charge on any atom is -0.497 e. The average Bonchev–Trinajstić information content (AvgIpc) is 2.85. The van der Waals surface area contributed by atoms with Gasteiger partial charge in [0.1, 0.15) is 12.3 Å². The van der Waals surface area contributed by atoms with Crippen LogP contribution in [-0.4, -0.2) is 33.7 Å². The Labute approximate surface area is 207 Å².